The molecule has 0 saturated heterocycles. The maximum atomic E-state index is 12.2. The molecule has 0 heterocycles. The summed E-state index contributed by atoms with van der Waals surface area (Å²) in [6.45, 7) is 0.885. The number of carbonyl (C=O) groups is 3. The molecule has 0 aromatic heterocycles. The number of alkyl carbamates (subject to hydrolysis) is 1. The van der Waals surface area contributed by atoms with Crippen LogP contribution in [-0.4, -0.2) is 42.8 Å². The van der Waals surface area contributed by atoms with Crippen LogP contribution in [0, 0.1) is 5.41 Å². The molecule has 33 heavy (non-hydrogen) atoms. The van der Waals surface area contributed by atoms with Crippen LogP contribution in [0.1, 0.15) is 55.6 Å². The van der Waals surface area contributed by atoms with Crippen LogP contribution in [0.25, 0.3) is 11.1 Å². The van der Waals surface area contributed by atoms with Gasteiger partial charge in [0.2, 0.25) is 5.91 Å². The van der Waals surface area contributed by atoms with E-state index in [1.54, 1.807) is 0 Å². The van der Waals surface area contributed by atoms with Crippen molar-refractivity contribution in [2.45, 2.75) is 44.4 Å². The molecule has 2 aromatic carbocycles. The molecule has 0 aliphatic heterocycles. The highest BCUT2D eigenvalue weighted by atomic mass is 16.5. The molecule has 3 N–H and O–H groups in total. The van der Waals surface area contributed by atoms with Gasteiger partial charge in [-0.1, -0.05) is 55.0 Å². The molecule has 1 saturated carbocycles. The Labute approximate surface area is 193 Å². The molecule has 7 heteroatoms. The second-order valence-electron chi connectivity index (χ2n) is 8.93. The fourth-order valence-electron chi connectivity index (χ4n) is 4.68. The molecule has 7 nitrogen and oxygen atoms in total. The number of carbonyl (C=O) groups excluding carboxylic acids is 2. The Morgan fingerprint density at radius 3 is 2.15 bits per heavy atom. The number of amides is 2. The summed E-state index contributed by atoms with van der Waals surface area (Å²) in [5.41, 5.74) is 3.94. The molecule has 2 amide bonds. The van der Waals surface area contributed by atoms with Crippen LogP contribution in [0.15, 0.2) is 48.5 Å². The zero-order valence-electron chi connectivity index (χ0n) is 18.6. The van der Waals surface area contributed by atoms with Gasteiger partial charge in [0.05, 0.1) is 5.41 Å². The number of rotatable bonds is 10. The van der Waals surface area contributed by atoms with Crippen LogP contribution < -0.4 is 10.6 Å². The number of benzene rings is 2. The van der Waals surface area contributed by atoms with Crippen molar-refractivity contribution in [3.8, 4) is 11.1 Å². The number of carboxylic acid groups (broad SMARTS) is 1. The summed E-state index contributed by atoms with van der Waals surface area (Å²) in [6, 6.07) is 16.4. The third-order valence-electron chi connectivity index (χ3n) is 6.83. The van der Waals surface area contributed by atoms with Crippen LogP contribution >= 0.6 is 0 Å². The number of unbranched alkanes of at least 4 members (excludes halogenated alkanes) is 1. The zero-order chi connectivity index (χ0) is 23.3. The van der Waals surface area contributed by atoms with Crippen LogP contribution in [0.2, 0.25) is 0 Å². The lowest BCUT2D eigenvalue weighted by Crippen LogP contribution is -2.47. The summed E-state index contributed by atoms with van der Waals surface area (Å²) in [6.07, 6.45) is 3.22. The lowest BCUT2D eigenvalue weighted by molar-refractivity contribution is -0.154. The highest BCUT2D eigenvalue weighted by Crippen LogP contribution is 2.44. The Hall–Kier alpha value is -3.35. The number of ether oxygens (including phenoxy) is 1. The fraction of sp³-hybridized carbons (Fsp3) is 0.423. The Bertz CT molecular complexity index is 985. The van der Waals surface area contributed by atoms with Crippen molar-refractivity contribution in [1.82, 2.24) is 10.6 Å². The topological polar surface area (TPSA) is 105 Å². The predicted molar refractivity (Wildman–Crippen MR) is 124 cm³/mol. The summed E-state index contributed by atoms with van der Waals surface area (Å²) in [5.74, 6) is -0.957. The highest BCUT2D eigenvalue weighted by molar-refractivity contribution is 5.80. The van der Waals surface area contributed by atoms with Crippen LogP contribution in [-0.2, 0) is 14.3 Å². The first kappa shape index (κ1) is 22.8. The van der Waals surface area contributed by atoms with E-state index < -0.39 is 17.5 Å². The van der Waals surface area contributed by atoms with E-state index in [-0.39, 0.29) is 25.0 Å². The lowest BCUT2D eigenvalue weighted by Gasteiger charge is -2.37. The lowest BCUT2D eigenvalue weighted by atomic mass is 9.69. The van der Waals surface area contributed by atoms with Gasteiger partial charge in [-0.15, -0.1) is 0 Å². The summed E-state index contributed by atoms with van der Waals surface area (Å²) >= 11 is 0. The number of hydrogen-bond donors (Lipinski definition) is 3. The van der Waals surface area contributed by atoms with Crippen LogP contribution in [0.5, 0.6) is 0 Å². The van der Waals surface area contributed by atoms with Gasteiger partial charge in [0.15, 0.2) is 0 Å². The van der Waals surface area contributed by atoms with Gasteiger partial charge in [-0.3, -0.25) is 9.59 Å². The fourth-order valence-corrected chi connectivity index (χ4v) is 4.68. The Kier molecular flexibility index (Phi) is 6.96. The normalized spacial score (nSPS) is 15.6. The van der Waals surface area contributed by atoms with E-state index >= 15 is 0 Å². The Balaban J connectivity index is 1.14. The van der Waals surface area contributed by atoms with Crippen molar-refractivity contribution >= 4 is 18.0 Å². The van der Waals surface area contributed by atoms with E-state index in [1.807, 2.05) is 24.3 Å². The summed E-state index contributed by atoms with van der Waals surface area (Å²) in [7, 11) is 0. The van der Waals surface area contributed by atoms with Gasteiger partial charge in [0.1, 0.15) is 6.61 Å². The van der Waals surface area contributed by atoms with Gasteiger partial charge in [0.25, 0.3) is 0 Å². The van der Waals surface area contributed by atoms with Crippen molar-refractivity contribution in [2.24, 2.45) is 5.41 Å². The smallest absolute Gasteiger partial charge is 0.407 e. The first-order valence-electron chi connectivity index (χ1n) is 11.6. The minimum absolute atomic E-state index is 0.0246. The van der Waals surface area contributed by atoms with E-state index in [9.17, 15) is 19.5 Å². The molecule has 0 spiro atoms. The number of aliphatic carboxylic acids is 1. The quantitative estimate of drug-likeness (QED) is 0.474. The van der Waals surface area contributed by atoms with Crippen molar-refractivity contribution in [2.75, 3.05) is 19.7 Å². The molecule has 2 aliphatic rings. The van der Waals surface area contributed by atoms with Crippen molar-refractivity contribution in [3.05, 3.63) is 59.7 Å². The van der Waals surface area contributed by atoms with Crippen molar-refractivity contribution < 1.29 is 24.2 Å². The van der Waals surface area contributed by atoms with Crippen LogP contribution in [0.4, 0.5) is 4.79 Å². The van der Waals surface area contributed by atoms with Gasteiger partial charge in [-0.25, -0.2) is 4.79 Å². The molecule has 1 fully saturated rings. The van der Waals surface area contributed by atoms with Gasteiger partial charge in [0, 0.05) is 25.4 Å². The minimum Gasteiger partial charge on any atom is -0.481 e. The molecule has 0 bridgehead atoms. The van der Waals surface area contributed by atoms with E-state index in [1.165, 1.54) is 22.3 Å². The van der Waals surface area contributed by atoms with E-state index in [2.05, 4.69) is 34.9 Å². The number of nitrogens with one attached hydrogen (secondary N) is 2. The van der Waals surface area contributed by atoms with E-state index in [0.717, 1.165) is 6.42 Å². The molecule has 0 radical (unpaired) electrons. The first-order chi connectivity index (χ1) is 16.0. The molecule has 174 valence electrons. The van der Waals surface area contributed by atoms with Crippen LogP contribution in [0.3, 0.4) is 0 Å². The first-order valence-corrected chi connectivity index (χ1v) is 11.6. The van der Waals surface area contributed by atoms with Gasteiger partial charge in [-0.05, 0) is 47.9 Å². The van der Waals surface area contributed by atoms with Crippen molar-refractivity contribution in [1.29, 1.82) is 0 Å². The van der Waals surface area contributed by atoms with Gasteiger partial charge >= 0.3 is 12.1 Å². The summed E-state index contributed by atoms with van der Waals surface area (Å²) in [4.78, 5) is 35.5. The molecule has 2 aliphatic carbocycles. The van der Waals surface area contributed by atoms with Gasteiger partial charge in [-0.2, -0.15) is 0 Å². The molecular weight excluding hydrogens is 420 g/mol. The maximum Gasteiger partial charge on any atom is 0.407 e. The summed E-state index contributed by atoms with van der Waals surface area (Å²) < 4.78 is 5.50. The van der Waals surface area contributed by atoms with Gasteiger partial charge < -0.3 is 20.5 Å². The Morgan fingerprint density at radius 1 is 0.939 bits per heavy atom. The standard InChI is InChI=1S/C26H30N2O5/c29-23(28-17-26(24(30)31)13-7-14-26)12-5-6-15-27-25(32)33-16-22-20-10-3-1-8-18(20)19-9-2-4-11-21(19)22/h1-4,8-11,22H,5-7,12-17H2,(H,27,32)(H,28,29)(H,30,31). The molecule has 0 unspecified atom stereocenters. The second-order valence-corrected chi connectivity index (χ2v) is 8.93. The number of fused-ring (bicyclic) bond motifs is 3. The largest absolute Gasteiger partial charge is 0.481 e. The van der Waals surface area contributed by atoms with E-state index in [0.29, 0.717) is 38.6 Å². The number of hydrogen-bond acceptors (Lipinski definition) is 4. The van der Waals surface area contributed by atoms with Crippen molar-refractivity contribution in [3.63, 3.8) is 0 Å². The molecule has 4 rings (SSSR count). The predicted octanol–water partition coefficient (Wildman–Crippen LogP) is 4.07. The minimum atomic E-state index is -0.832. The third-order valence-corrected chi connectivity index (χ3v) is 6.83. The third kappa shape index (κ3) is 5.02. The Morgan fingerprint density at radius 2 is 1.58 bits per heavy atom. The summed E-state index contributed by atoms with van der Waals surface area (Å²) in [5, 5.41) is 14.8. The SMILES string of the molecule is O=C(CCCCNC(=O)OCC1c2ccccc2-c2ccccc21)NCC1(C(=O)O)CCC1. The molecular formula is C26H30N2O5. The molecule has 0 atom stereocenters. The maximum absolute atomic E-state index is 12.2. The van der Waals surface area contributed by atoms with E-state index in [4.69, 9.17) is 4.74 Å². The monoisotopic (exact) mass is 450 g/mol. The second kappa shape index (κ2) is 10.1. The average molecular weight is 451 g/mol. The molecule has 2 aromatic rings. The average Bonchev–Trinajstić information content (AvgIpc) is 3.10. The number of carboxylic acids is 1. The highest BCUT2D eigenvalue weighted by Gasteiger charge is 2.44. The zero-order valence-corrected chi connectivity index (χ0v) is 18.6.